The van der Waals surface area contributed by atoms with E-state index in [4.69, 9.17) is 4.98 Å². The van der Waals surface area contributed by atoms with Gasteiger partial charge in [0, 0.05) is 30.6 Å². The molecule has 1 aliphatic rings. The van der Waals surface area contributed by atoms with Crippen molar-refractivity contribution >= 4 is 17.6 Å². The fourth-order valence-corrected chi connectivity index (χ4v) is 2.86. The standard InChI is InChI=1S/C14H19N5OS/c1-14(2,3)11-8-19-7-9(4-5-12(19)17-11)16-13(20)10-6-15-21-18-10/h6,8-9H,4-5,7H2,1-3H3,(H,16,20)/t9-/m0/s1. The number of aryl methyl sites for hydroxylation is 1. The number of carbonyl (C=O) groups excluding carboxylic acids is 1. The largest absolute Gasteiger partial charge is 0.346 e. The Balaban J connectivity index is 1.70. The van der Waals surface area contributed by atoms with E-state index in [0.717, 1.165) is 42.6 Å². The first kappa shape index (κ1) is 14.2. The van der Waals surface area contributed by atoms with Crippen molar-refractivity contribution in [3.05, 3.63) is 29.6 Å². The molecule has 2 aromatic rings. The summed E-state index contributed by atoms with van der Waals surface area (Å²) >= 11 is 1.05. The van der Waals surface area contributed by atoms with E-state index in [1.807, 2.05) is 0 Å². The van der Waals surface area contributed by atoms with Gasteiger partial charge < -0.3 is 9.88 Å². The summed E-state index contributed by atoms with van der Waals surface area (Å²) in [6.45, 7) is 7.25. The minimum absolute atomic E-state index is 0.0509. The third-order valence-corrected chi connectivity index (χ3v) is 4.17. The van der Waals surface area contributed by atoms with Gasteiger partial charge in [-0.05, 0) is 6.42 Å². The van der Waals surface area contributed by atoms with Crippen LogP contribution in [0.2, 0.25) is 0 Å². The van der Waals surface area contributed by atoms with Crippen molar-refractivity contribution in [2.45, 2.75) is 51.6 Å². The lowest BCUT2D eigenvalue weighted by Gasteiger charge is -2.24. The van der Waals surface area contributed by atoms with Gasteiger partial charge in [0.05, 0.1) is 23.6 Å². The van der Waals surface area contributed by atoms with Crippen LogP contribution in [0.25, 0.3) is 0 Å². The predicted molar refractivity (Wildman–Crippen MR) is 80.4 cm³/mol. The van der Waals surface area contributed by atoms with Gasteiger partial charge in [0.15, 0.2) is 5.69 Å². The third kappa shape index (κ3) is 2.97. The van der Waals surface area contributed by atoms with Gasteiger partial charge in [-0.3, -0.25) is 4.79 Å². The lowest BCUT2D eigenvalue weighted by atomic mass is 9.93. The average Bonchev–Trinajstić information content (AvgIpc) is 3.06. The molecule has 0 unspecified atom stereocenters. The van der Waals surface area contributed by atoms with Crippen molar-refractivity contribution in [2.24, 2.45) is 0 Å². The summed E-state index contributed by atoms with van der Waals surface area (Å²) in [5.41, 5.74) is 1.55. The molecule has 6 nitrogen and oxygen atoms in total. The van der Waals surface area contributed by atoms with Crippen molar-refractivity contribution in [3.8, 4) is 0 Å². The maximum atomic E-state index is 12.0. The lowest BCUT2D eigenvalue weighted by molar-refractivity contribution is 0.0923. The third-order valence-electron chi connectivity index (χ3n) is 3.69. The maximum absolute atomic E-state index is 12.0. The molecule has 0 radical (unpaired) electrons. The molecule has 0 fully saturated rings. The van der Waals surface area contributed by atoms with Gasteiger partial charge in [0.2, 0.25) is 0 Å². The van der Waals surface area contributed by atoms with E-state index in [0.29, 0.717) is 5.69 Å². The second-order valence-corrected chi connectivity index (χ2v) is 7.00. The number of aromatic nitrogens is 4. The highest BCUT2D eigenvalue weighted by molar-refractivity contribution is 6.99. The van der Waals surface area contributed by atoms with E-state index in [-0.39, 0.29) is 17.4 Å². The quantitative estimate of drug-likeness (QED) is 0.918. The minimum Gasteiger partial charge on any atom is -0.346 e. The zero-order valence-electron chi connectivity index (χ0n) is 12.5. The first-order valence-corrected chi connectivity index (χ1v) is 7.81. The van der Waals surface area contributed by atoms with Crippen LogP contribution in [0.15, 0.2) is 12.4 Å². The zero-order valence-corrected chi connectivity index (χ0v) is 13.3. The van der Waals surface area contributed by atoms with Crippen LogP contribution < -0.4 is 5.32 Å². The highest BCUT2D eigenvalue weighted by Crippen LogP contribution is 2.24. The highest BCUT2D eigenvalue weighted by Gasteiger charge is 2.25. The summed E-state index contributed by atoms with van der Waals surface area (Å²) < 4.78 is 9.98. The molecule has 1 aliphatic heterocycles. The van der Waals surface area contributed by atoms with Crippen LogP contribution in [0.5, 0.6) is 0 Å². The fourth-order valence-electron chi connectivity index (χ4n) is 2.45. The van der Waals surface area contributed by atoms with E-state index >= 15 is 0 Å². The summed E-state index contributed by atoms with van der Waals surface area (Å²) in [6, 6.07) is 0.119. The Bertz CT molecular complexity index is 641. The number of nitrogens with zero attached hydrogens (tertiary/aromatic N) is 4. The monoisotopic (exact) mass is 305 g/mol. The molecular weight excluding hydrogens is 286 g/mol. The molecule has 21 heavy (non-hydrogen) atoms. The van der Waals surface area contributed by atoms with Crippen LogP contribution in [0.3, 0.4) is 0 Å². The first-order valence-electron chi connectivity index (χ1n) is 7.08. The SMILES string of the molecule is CC(C)(C)c1cn2c(n1)CC[C@H](NC(=O)c1cnsn1)C2. The number of amides is 1. The van der Waals surface area contributed by atoms with E-state index in [1.165, 1.54) is 6.20 Å². The fraction of sp³-hybridized carbons (Fsp3) is 0.571. The van der Waals surface area contributed by atoms with Crippen molar-refractivity contribution in [1.82, 2.24) is 23.6 Å². The second-order valence-electron chi connectivity index (χ2n) is 6.45. The molecule has 7 heteroatoms. The van der Waals surface area contributed by atoms with Crippen LogP contribution in [0.4, 0.5) is 0 Å². The van der Waals surface area contributed by atoms with Gasteiger partial charge in [-0.2, -0.15) is 8.75 Å². The Kier molecular flexibility index (Phi) is 3.52. The Morgan fingerprint density at radius 1 is 1.48 bits per heavy atom. The molecule has 112 valence electrons. The van der Waals surface area contributed by atoms with Gasteiger partial charge in [-0.1, -0.05) is 20.8 Å². The molecule has 0 spiro atoms. The first-order chi connectivity index (χ1) is 9.93. The molecule has 3 rings (SSSR count). The van der Waals surface area contributed by atoms with Crippen LogP contribution in [0, 0.1) is 0 Å². The molecule has 0 bridgehead atoms. The van der Waals surface area contributed by atoms with Crippen molar-refractivity contribution in [2.75, 3.05) is 0 Å². The average molecular weight is 305 g/mol. The highest BCUT2D eigenvalue weighted by atomic mass is 32.1. The smallest absolute Gasteiger partial charge is 0.272 e. The molecule has 1 atom stereocenters. The van der Waals surface area contributed by atoms with E-state index in [1.54, 1.807) is 0 Å². The Hall–Kier alpha value is -1.76. The normalized spacial score (nSPS) is 18.3. The summed E-state index contributed by atoms with van der Waals surface area (Å²) in [4.78, 5) is 16.7. The van der Waals surface area contributed by atoms with Gasteiger partial charge >= 0.3 is 0 Å². The number of hydrogen-bond acceptors (Lipinski definition) is 5. The number of hydrogen-bond donors (Lipinski definition) is 1. The molecule has 3 heterocycles. The predicted octanol–water partition coefficient (Wildman–Crippen LogP) is 1.78. The van der Waals surface area contributed by atoms with Crippen molar-refractivity contribution in [1.29, 1.82) is 0 Å². The van der Waals surface area contributed by atoms with Crippen molar-refractivity contribution in [3.63, 3.8) is 0 Å². The number of nitrogens with one attached hydrogen (secondary N) is 1. The second kappa shape index (κ2) is 5.22. The summed E-state index contributed by atoms with van der Waals surface area (Å²) in [5, 5.41) is 3.03. The van der Waals surface area contributed by atoms with E-state index in [2.05, 4.69) is 45.6 Å². The van der Waals surface area contributed by atoms with Crippen LogP contribution in [0.1, 0.15) is 49.2 Å². The van der Waals surface area contributed by atoms with Gasteiger partial charge in [0.1, 0.15) is 5.82 Å². The Labute approximate surface area is 127 Å². The van der Waals surface area contributed by atoms with E-state index < -0.39 is 0 Å². The van der Waals surface area contributed by atoms with Crippen LogP contribution in [-0.4, -0.2) is 30.2 Å². The maximum Gasteiger partial charge on any atom is 0.272 e. The Morgan fingerprint density at radius 3 is 2.95 bits per heavy atom. The topological polar surface area (TPSA) is 72.7 Å². The summed E-state index contributed by atoms with van der Waals surface area (Å²) in [6.07, 6.45) is 5.40. The molecular formula is C14H19N5OS. The molecule has 0 aliphatic carbocycles. The lowest BCUT2D eigenvalue weighted by Crippen LogP contribution is -2.41. The van der Waals surface area contributed by atoms with Gasteiger partial charge in [-0.15, -0.1) is 0 Å². The Morgan fingerprint density at radius 2 is 2.29 bits per heavy atom. The van der Waals surface area contributed by atoms with Gasteiger partial charge in [-0.25, -0.2) is 4.98 Å². The molecule has 0 aromatic carbocycles. The number of carbonyl (C=O) groups is 1. The van der Waals surface area contributed by atoms with Crippen molar-refractivity contribution < 1.29 is 4.79 Å². The van der Waals surface area contributed by atoms with Crippen LogP contribution >= 0.6 is 11.7 Å². The zero-order chi connectivity index (χ0) is 15.0. The number of rotatable bonds is 2. The summed E-state index contributed by atoms with van der Waals surface area (Å²) in [7, 11) is 0. The van der Waals surface area contributed by atoms with E-state index in [9.17, 15) is 4.79 Å². The molecule has 0 saturated heterocycles. The molecule has 2 aromatic heterocycles. The molecule has 1 amide bonds. The van der Waals surface area contributed by atoms with Crippen LogP contribution in [-0.2, 0) is 18.4 Å². The number of imidazole rings is 1. The molecule has 1 N–H and O–H groups in total. The summed E-state index contributed by atoms with van der Waals surface area (Å²) in [5.74, 6) is 0.967. The molecule has 0 saturated carbocycles. The van der Waals surface area contributed by atoms with Gasteiger partial charge in [0.25, 0.3) is 5.91 Å². The minimum atomic E-state index is -0.145. The number of fused-ring (bicyclic) bond motifs is 1.